The summed E-state index contributed by atoms with van der Waals surface area (Å²) >= 11 is 0. The van der Waals surface area contributed by atoms with Gasteiger partial charge in [-0.2, -0.15) is 0 Å². The lowest BCUT2D eigenvalue weighted by molar-refractivity contribution is -0.147. The number of benzene rings is 1. The topological polar surface area (TPSA) is 217 Å². The molecule has 0 bridgehead atoms. The van der Waals surface area contributed by atoms with E-state index in [-0.39, 0.29) is 83.1 Å². The molecule has 0 saturated carbocycles. The van der Waals surface area contributed by atoms with Gasteiger partial charge in [-0.1, -0.05) is 95.2 Å². The molecule has 16 nitrogen and oxygen atoms in total. The molecule has 16 heteroatoms. The second kappa shape index (κ2) is 34.3. The molecule has 0 aliphatic carbocycles. The van der Waals surface area contributed by atoms with Crippen molar-refractivity contribution in [3.05, 3.63) is 35.4 Å². The third kappa shape index (κ3) is 44.5. The van der Waals surface area contributed by atoms with Gasteiger partial charge in [0.05, 0.1) is 64.0 Å². The monoisotopic (exact) mass is 915 g/mol. The molecule has 0 fully saturated rings. The summed E-state index contributed by atoms with van der Waals surface area (Å²) in [6.07, 6.45) is 3.66. The molecule has 0 aliphatic heterocycles. The molecule has 0 saturated heterocycles. The molecule has 0 radical (unpaired) electrons. The van der Waals surface area contributed by atoms with Crippen LogP contribution in [-0.4, -0.2) is 125 Å². The van der Waals surface area contributed by atoms with Crippen molar-refractivity contribution in [3.63, 3.8) is 0 Å². The second-order valence-electron chi connectivity index (χ2n) is 19.9. The summed E-state index contributed by atoms with van der Waals surface area (Å²) in [6, 6.07) is 5.48. The van der Waals surface area contributed by atoms with E-state index in [4.69, 9.17) is 48.1 Å². The lowest BCUT2D eigenvalue weighted by Crippen LogP contribution is -2.18. The predicted octanol–water partition coefficient (Wildman–Crippen LogP) is 8.60. The average Bonchev–Trinajstić information content (AvgIpc) is 3.16. The Morgan fingerprint density at radius 1 is 0.375 bits per heavy atom. The van der Waals surface area contributed by atoms with Crippen LogP contribution >= 0.6 is 0 Å². The van der Waals surface area contributed by atoms with Crippen LogP contribution in [0.25, 0.3) is 0 Å². The summed E-state index contributed by atoms with van der Waals surface area (Å²) in [5.41, 5.74) is 0.0542. The number of carbonyl (C=O) groups excluding carboxylic acids is 4. The van der Waals surface area contributed by atoms with Crippen molar-refractivity contribution in [1.29, 1.82) is 0 Å². The van der Waals surface area contributed by atoms with Crippen LogP contribution < -0.4 is 0 Å². The van der Waals surface area contributed by atoms with Crippen LogP contribution in [0.3, 0.4) is 0 Å². The van der Waals surface area contributed by atoms with E-state index in [2.05, 4.69) is 83.1 Å². The van der Waals surface area contributed by atoms with Crippen molar-refractivity contribution in [2.45, 2.75) is 134 Å². The summed E-state index contributed by atoms with van der Waals surface area (Å²) < 4.78 is 42.1. The number of carboxylic acid groups (broad SMARTS) is 2. The van der Waals surface area contributed by atoms with Crippen molar-refractivity contribution < 1.29 is 76.9 Å². The van der Waals surface area contributed by atoms with Gasteiger partial charge in [-0.25, -0.2) is 9.59 Å². The van der Waals surface area contributed by atoms with Crippen molar-refractivity contribution in [2.24, 2.45) is 21.7 Å². The fourth-order valence-electron chi connectivity index (χ4n) is 4.59. The van der Waals surface area contributed by atoms with Crippen LogP contribution in [0.15, 0.2) is 24.3 Å². The number of carbonyl (C=O) groups is 6. The molecule has 0 unspecified atom stereocenters. The van der Waals surface area contributed by atoms with E-state index in [9.17, 15) is 28.8 Å². The van der Waals surface area contributed by atoms with Crippen LogP contribution in [0.5, 0.6) is 0 Å². The third-order valence-electron chi connectivity index (χ3n) is 7.51. The fraction of sp³-hybridized carbons (Fsp3) is 0.750. The Morgan fingerprint density at radius 3 is 0.750 bits per heavy atom. The maximum atomic E-state index is 11.6. The number of hydrogen-bond acceptors (Lipinski definition) is 14. The molecule has 64 heavy (non-hydrogen) atoms. The number of esters is 4. The van der Waals surface area contributed by atoms with Crippen LogP contribution in [0.2, 0.25) is 0 Å². The standard InChI is InChI=1S/2C20H38O6.C8H6O4/c2*1-19(2,3)15-23-11-13-25-17(21)9-7-8-10-18(22)26-14-12-24-16-20(4,5)6;9-7(10)5-3-1-2-4-6(5)8(11)12/h2*7-16H2,1-6H3;1-4H,(H,9,10)(H,11,12). The molecule has 1 aromatic rings. The molecular formula is C48H82O16. The largest absolute Gasteiger partial charge is 0.478 e. The van der Waals surface area contributed by atoms with E-state index in [0.717, 1.165) is 0 Å². The van der Waals surface area contributed by atoms with Gasteiger partial charge in [-0.15, -0.1) is 0 Å². The van der Waals surface area contributed by atoms with E-state index in [1.807, 2.05) is 0 Å². The van der Waals surface area contributed by atoms with Gasteiger partial charge < -0.3 is 48.1 Å². The summed E-state index contributed by atoms with van der Waals surface area (Å²) in [4.78, 5) is 67.2. The van der Waals surface area contributed by atoms with Gasteiger partial charge in [0.15, 0.2) is 0 Å². The molecule has 0 atom stereocenters. The first-order valence-corrected chi connectivity index (χ1v) is 22.1. The fourth-order valence-corrected chi connectivity index (χ4v) is 4.59. The summed E-state index contributed by atoms with van der Waals surface area (Å²) in [5.74, 6) is -3.48. The second-order valence-corrected chi connectivity index (χ2v) is 19.9. The highest BCUT2D eigenvalue weighted by Gasteiger charge is 2.15. The minimum Gasteiger partial charge on any atom is -0.478 e. The number of hydrogen-bond donors (Lipinski definition) is 2. The first-order chi connectivity index (χ1) is 29.6. The van der Waals surface area contributed by atoms with E-state index in [1.54, 1.807) is 0 Å². The summed E-state index contributed by atoms with van der Waals surface area (Å²) in [5, 5.41) is 17.1. The zero-order chi connectivity index (χ0) is 49.2. The molecule has 2 N–H and O–H groups in total. The third-order valence-corrected chi connectivity index (χ3v) is 7.51. The van der Waals surface area contributed by atoms with Crippen LogP contribution in [0, 0.1) is 21.7 Å². The normalized spacial score (nSPS) is 11.6. The number of rotatable bonds is 28. The van der Waals surface area contributed by atoms with Gasteiger partial charge in [0.1, 0.15) is 26.4 Å². The van der Waals surface area contributed by atoms with Gasteiger partial charge in [0.2, 0.25) is 0 Å². The predicted molar refractivity (Wildman–Crippen MR) is 242 cm³/mol. The van der Waals surface area contributed by atoms with E-state index >= 15 is 0 Å². The van der Waals surface area contributed by atoms with E-state index in [0.29, 0.717) is 104 Å². The lowest BCUT2D eigenvalue weighted by Gasteiger charge is -2.17. The first-order valence-electron chi connectivity index (χ1n) is 22.1. The lowest BCUT2D eigenvalue weighted by atomic mass is 9.99. The van der Waals surface area contributed by atoms with Crippen molar-refractivity contribution in [2.75, 3.05) is 79.3 Å². The van der Waals surface area contributed by atoms with Crippen LogP contribution in [-0.2, 0) is 57.1 Å². The highest BCUT2D eigenvalue weighted by Crippen LogP contribution is 2.15. The minimum atomic E-state index is -1.23. The molecule has 370 valence electrons. The molecular weight excluding hydrogens is 833 g/mol. The van der Waals surface area contributed by atoms with Crippen molar-refractivity contribution in [3.8, 4) is 0 Å². The summed E-state index contributed by atoms with van der Waals surface area (Å²) in [7, 11) is 0. The molecule has 1 aromatic carbocycles. The summed E-state index contributed by atoms with van der Waals surface area (Å²) in [6.45, 7) is 30.3. The van der Waals surface area contributed by atoms with Gasteiger partial charge >= 0.3 is 35.8 Å². The Kier molecular flexibility index (Phi) is 33.2. The van der Waals surface area contributed by atoms with Gasteiger partial charge in [0, 0.05) is 25.7 Å². The van der Waals surface area contributed by atoms with Gasteiger partial charge in [-0.3, -0.25) is 19.2 Å². The molecule has 0 heterocycles. The Bertz CT molecular complexity index is 1280. The zero-order valence-electron chi connectivity index (χ0n) is 41.1. The van der Waals surface area contributed by atoms with Gasteiger partial charge in [-0.05, 0) is 59.5 Å². The maximum Gasteiger partial charge on any atom is 0.336 e. The maximum absolute atomic E-state index is 11.6. The molecule has 0 spiro atoms. The van der Waals surface area contributed by atoms with Gasteiger partial charge in [0.25, 0.3) is 0 Å². The highest BCUT2D eigenvalue weighted by molar-refractivity contribution is 6.01. The number of carboxylic acids is 2. The van der Waals surface area contributed by atoms with Crippen LogP contribution in [0.1, 0.15) is 155 Å². The first kappa shape index (κ1) is 62.0. The Balaban J connectivity index is 0. The van der Waals surface area contributed by atoms with E-state index in [1.165, 1.54) is 24.3 Å². The molecule has 0 aliphatic rings. The molecule has 1 rings (SSSR count). The Morgan fingerprint density at radius 2 is 0.578 bits per heavy atom. The highest BCUT2D eigenvalue weighted by atomic mass is 16.6. The average molecular weight is 915 g/mol. The molecule has 0 aromatic heterocycles. The Hall–Kier alpha value is -4.12. The molecule has 0 amide bonds. The van der Waals surface area contributed by atoms with Crippen molar-refractivity contribution in [1.82, 2.24) is 0 Å². The van der Waals surface area contributed by atoms with E-state index < -0.39 is 11.9 Å². The quantitative estimate of drug-likeness (QED) is 0.0457. The van der Waals surface area contributed by atoms with Crippen LogP contribution in [0.4, 0.5) is 0 Å². The number of aromatic carboxylic acids is 2. The minimum absolute atomic E-state index is 0.108. The SMILES string of the molecule is CC(C)(C)COCCOC(=O)CCCCC(=O)OCCOCC(C)(C)C.CC(C)(C)COCCOC(=O)CCCCC(=O)OCCOCC(C)(C)C.O=C(O)c1ccccc1C(=O)O. The number of unbranched alkanes of at least 4 members (excludes halogenated alkanes) is 2. The number of ether oxygens (including phenoxy) is 8. The smallest absolute Gasteiger partial charge is 0.336 e. The Labute approximate surface area is 382 Å². The zero-order valence-corrected chi connectivity index (χ0v) is 41.1. The van der Waals surface area contributed by atoms with Crippen molar-refractivity contribution >= 4 is 35.8 Å².